The van der Waals surface area contributed by atoms with Crippen LogP contribution in [0.3, 0.4) is 0 Å². The first kappa shape index (κ1) is 12.7. The van der Waals surface area contributed by atoms with Crippen molar-refractivity contribution in [1.29, 1.82) is 0 Å². The first-order valence-corrected chi connectivity index (χ1v) is 16.1. The number of aryl methyl sites for hydroxylation is 1. The van der Waals surface area contributed by atoms with Gasteiger partial charge in [0.25, 0.3) is 0 Å². The van der Waals surface area contributed by atoms with Gasteiger partial charge in [-0.1, -0.05) is 0 Å². The number of rotatable bonds is 2. The fourth-order valence-electron chi connectivity index (χ4n) is 2.07. The summed E-state index contributed by atoms with van der Waals surface area (Å²) in [5, 5.41) is 13.2. The van der Waals surface area contributed by atoms with Crippen LogP contribution in [0.25, 0.3) is 22.6 Å². The molecular weight excluding hydrogens is 347 g/mol. The summed E-state index contributed by atoms with van der Waals surface area (Å²) in [5.41, 5.74) is 2.09. The average molecular weight is 363 g/mol. The molecule has 0 unspecified atom stereocenters. The zero-order valence-corrected chi connectivity index (χ0v) is 14.4. The third-order valence-corrected chi connectivity index (χ3v) is 7.48. The summed E-state index contributed by atoms with van der Waals surface area (Å²) in [5.74, 6) is 1.49. The zero-order valence-electron chi connectivity index (χ0n) is 11.5. The van der Waals surface area contributed by atoms with Gasteiger partial charge in [0.15, 0.2) is 0 Å². The Kier molecular flexibility index (Phi) is 2.88. The fraction of sp³-hybridized carbons (Fsp3) is 0.308. The van der Waals surface area contributed by atoms with Crippen molar-refractivity contribution in [1.82, 2.24) is 18.4 Å². The Bertz CT molecular complexity index is 739. The molecule has 1 aromatic carbocycles. The Balaban J connectivity index is 2.17. The van der Waals surface area contributed by atoms with Crippen molar-refractivity contribution in [2.24, 2.45) is 0 Å². The summed E-state index contributed by atoms with van der Waals surface area (Å²) in [6.45, 7) is 2.07. The topological polar surface area (TPSA) is 56.7 Å². The minimum atomic E-state index is -2.40. The van der Waals surface area contributed by atoms with Gasteiger partial charge in [0.2, 0.25) is 0 Å². The van der Waals surface area contributed by atoms with E-state index < -0.39 is 18.7 Å². The molecule has 0 N–H and O–H groups in total. The Morgan fingerprint density at radius 2 is 1.95 bits per heavy atom. The van der Waals surface area contributed by atoms with Gasteiger partial charge >= 0.3 is 116 Å². The summed E-state index contributed by atoms with van der Waals surface area (Å²) in [6.07, 6.45) is 0. The van der Waals surface area contributed by atoms with E-state index in [1.807, 2.05) is 21.1 Å². The van der Waals surface area contributed by atoms with Crippen LogP contribution in [0.5, 0.6) is 0 Å². The fourth-order valence-corrected chi connectivity index (χ4v) is 5.20. The van der Waals surface area contributed by atoms with E-state index in [1.165, 1.54) is 5.56 Å². The number of aromatic nitrogens is 4. The summed E-state index contributed by atoms with van der Waals surface area (Å²) in [6, 6.07) is 8.16. The molecule has 0 saturated heterocycles. The Morgan fingerprint density at radius 3 is 2.68 bits per heavy atom. The van der Waals surface area contributed by atoms with E-state index in [-0.39, 0.29) is 0 Å². The van der Waals surface area contributed by atoms with Crippen LogP contribution in [0, 0.1) is 6.92 Å². The molecule has 19 heavy (non-hydrogen) atoms. The monoisotopic (exact) mass is 364 g/mol. The van der Waals surface area contributed by atoms with Crippen molar-refractivity contribution < 1.29 is 4.42 Å². The number of furan rings is 1. The number of hydrogen-bond donors (Lipinski definition) is 0. The molecule has 0 aliphatic heterocycles. The van der Waals surface area contributed by atoms with E-state index in [4.69, 9.17) is 4.42 Å². The average Bonchev–Trinajstić information content (AvgIpc) is 2.92. The standard InChI is InChI=1S/C10H7N4O.3CH3.Sn/c1-6-2-3-8-7(4-6)5-9(15-8)10-11-13-14-12-10;;;;/h2-5H,1H3;3*1H3;/q-1;;;;+1. The first-order chi connectivity index (χ1) is 8.95. The first-order valence-electron chi connectivity index (χ1n) is 6.24. The second-order valence-corrected chi connectivity index (χ2v) is 19.3. The molecule has 6 heteroatoms. The van der Waals surface area contributed by atoms with Gasteiger partial charge in [-0.25, -0.2) is 0 Å². The van der Waals surface area contributed by atoms with Crippen LogP contribution in [0.1, 0.15) is 5.56 Å². The van der Waals surface area contributed by atoms with Gasteiger partial charge in [-0.2, -0.15) is 0 Å². The van der Waals surface area contributed by atoms with Gasteiger partial charge in [-0.15, -0.1) is 0 Å². The van der Waals surface area contributed by atoms with Gasteiger partial charge in [0.1, 0.15) is 0 Å². The Labute approximate surface area is 115 Å². The maximum atomic E-state index is 5.87. The molecule has 2 aromatic heterocycles. The molecule has 98 valence electrons. The van der Waals surface area contributed by atoms with Crippen molar-refractivity contribution >= 4 is 29.6 Å². The molecule has 0 aliphatic rings. The van der Waals surface area contributed by atoms with E-state index in [1.54, 1.807) is 0 Å². The van der Waals surface area contributed by atoms with Crippen LogP contribution in [-0.4, -0.2) is 37.1 Å². The van der Waals surface area contributed by atoms with E-state index >= 15 is 0 Å². The zero-order chi connectivity index (χ0) is 13.6. The van der Waals surface area contributed by atoms with Crippen LogP contribution in [-0.2, 0) is 0 Å². The van der Waals surface area contributed by atoms with Gasteiger partial charge < -0.3 is 0 Å². The second-order valence-electron chi connectivity index (χ2n) is 5.74. The van der Waals surface area contributed by atoms with Crippen molar-refractivity contribution in [3.8, 4) is 11.6 Å². The van der Waals surface area contributed by atoms with E-state index in [9.17, 15) is 0 Å². The van der Waals surface area contributed by atoms with Crippen LogP contribution >= 0.6 is 0 Å². The third-order valence-electron chi connectivity index (χ3n) is 3.00. The quantitative estimate of drug-likeness (QED) is 0.657. The van der Waals surface area contributed by atoms with Gasteiger partial charge in [-0.05, 0) is 0 Å². The molecule has 5 nitrogen and oxygen atoms in total. The van der Waals surface area contributed by atoms with E-state index in [0.717, 1.165) is 22.6 Å². The molecule has 0 amide bonds. The predicted octanol–water partition coefficient (Wildman–Crippen LogP) is 3.08. The summed E-state index contributed by atoms with van der Waals surface area (Å²) < 4.78 is 7.86. The predicted molar refractivity (Wildman–Crippen MR) is 76.5 cm³/mol. The molecule has 0 bridgehead atoms. The van der Waals surface area contributed by atoms with Crippen LogP contribution in [0.2, 0.25) is 14.8 Å². The van der Waals surface area contributed by atoms with Crippen molar-refractivity contribution in [3.05, 3.63) is 29.8 Å². The minimum absolute atomic E-state index is 0.747. The number of benzene rings is 1. The van der Waals surface area contributed by atoms with E-state index in [0.29, 0.717) is 0 Å². The normalized spacial score (nSPS) is 12.2. The maximum absolute atomic E-state index is 5.87. The molecule has 0 fully saturated rings. The Morgan fingerprint density at radius 1 is 1.16 bits per heavy atom. The molecule has 3 rings (SSSR count). The third kappa shape index (κ3) is 2.27. The van der Waals surface area contributed by atoms with Crippen LogP contribution in [0.4, 0.5) is 0 Å². The van der Waals surface area contributed by atoms with Crippen LogP contribution in [0.15, 0.2) is 28.7 Å². The number of fused-ring (bicyclic) bond motifs is 1. The Hall–Kier alpha value is -1.37. The number of nitrogens with zero attached hydrogens (tertiary/aromatic N) is 4. The SMILES string of the molecule is Cc1ccc2oc(-c3nnn[n]3[Sn]([CH3])([CH3])[CH3])cc2c1. The summed E-state index contributed by atoms with van der Waals surface area (Å²) in [4.78, 5) is 6.80. The van der Waals surface area contributed by atoms with Crippen LogP contribution < -0.4 is 0 Å². The van der Waals surface area contributed by atoms with Crippen molar-refractivity contribution in [2.75, 3.05) is 0 Å². The number of tetrazole rings is 1. The molecule has 0 radical (unpaired) electrons. The molecule has 3 aromatic rings. The van der Waals surface area contributed by atoms with Gasteiger partial charge in [0.05, 0.1) is 0 Å². The van der Waals surface area contributed by atoms with Gasteiger partial charge in [-0.3, -0.25) is 0 Å². The molecule has 0 saturated carbocycles. The second kappa shape index (κ2) is 4.33. The molecule has 0 atom stereocenters. The molecule has 0 spiro atoms. The summed E-state index contributed by atoms with van der Waals surface area (Å²) in [7, 11) is 0. The van der Waals surface area contributed by atoms with Crippen molar-refractivity contribution in [2.45, 2.75) is 21.7 Å². The number of hydrogen-bond acceptors (Lipinski definition) is 4. The molecule has 0 aliphatic carbocycles. The van der Waals surface area contributed by atoms with Crippen molar-refractivity contribution in [3.63, 3.8) is 0 Å². The molecular formula is C13H16N4OSn. The summed E-state index contributed by atoms with van der Waals surface area (Å²) >= 11 is -2.40. The van der Waals surface area contributed by atoms with Gasteiger partial charge in [0, 0.05) is 0 Å². The van der Waals surface area contributed by atoms with E-state index in [2.05, 4.69) is 43.3 Å². The molecule has 2 heterocycles.